The van der Waals surface area contributed by atoms with Crippen LogP contribution >= 0.6 is 0 Å². The fourth-order valence-electron chi connectivity index (χ4n) is 9.54. The maximum absolute atomic E-state index is 11.8. The van der Waals surface area contributed by atoms with E-state index in [1.807, 2.05) is 60.7 Å². The quantitative estimate of drug-likeness (QED) is 0.0556. The molecular weight excluding hydrogens is 821 g/mol. The van der Waals surface area contributed by atoms with Crippen molar-refractivity contribution in [2.45, 2.75) is 169 Å². The fourth-order valence-corrected chi connectivity index (χ4v) is 9.54. The Morgan fingerprint density at radius 1 is 0.576 bits per heavy atom. The number of nitrogens with one attached hydrogen (secondary N) is 6. The van der Waals surface area contributed by atoms with E-state index in [0.29, 0.717) is 25.9 Å². The molecule has 4 aromatic rings. The molecule has 10 heteroatoms. The lowest BCUT2D eigenvalue weighted by molar-refractivity contribution is -0.121. The second-order valence-electron chi connectivity index (χ2n) is 22.8. The summed E-state index contributed by atoms with van der Waals surface area (Å²) in [6.45, 7) is 26.2. The standard InChI is InChI=1S/2C28H41N3O2/c2*1-19(32)30-24(15-20-10-8-7-9-11-20)26(33)18-29-25-17-28(5,6)31-23-13-12-21(14-22(23)25)16-27(2,3)4/h2*7-14,24-26,29,31,33H,15-18H2,1-6H3,(H,30,32)/t24-,25+,26+;24-,25-,26+/m00/s1. The van der Waals surface area contributed by atoms with E-state index in [9.17, 15) is 19.8 Å². The molecule has 10 nitrogen and oxygen atoms in total. The van der Waals surface area contributed by atoms with Crippen LogP contribution in [0.2, 0.25) is 0 Å². The summed E-state index contributed by atoms with van der Waals surface area (Å²) in [5.41, 5.74) is 9.98. The summed E-state index contributed by atoms with van der Waals surface area (Å²) in [4.78, 5) is 23.6. The Labute approximate surface area is 396 Å². The van der Waals surface area contributed by atoms with Gasteiger partial charge in [0, 0.05) is 61.5 Å². The van der Waals surface area contributed by atoms with Gasteiger partial charge in [-0.25, -0.2) is 0 Å². The van der Waals surface area contributed by atoms with Crippen LogP contribution in [0.25, 0.3) is 0 Å². The Kier molecular flexibility index (Phi) is 17.7. The smallest absolute Gasteiger partial charge is 0.217 e. The SMILES string of the molecule is CC(=O)N[C@@H](Cc1ccccc1)[C@H](O)CN[C@@H]1CC(C)(C)Nc2ccc(CC(C)(C)C)cc21.CC(=O)N[C@@H](Cc1ccccc1)[C@H](O)CN[C@H]1CC(C)(C)Nc2ccc(CC(C)(C)C)cc21. The first-order chi connectivity index (χ1) is 30.8. The van der Waals surface area contributed by atoms with E-state index in [0.717, 1.165) is 48.2 Å². The van der Waals surface area contributed by atoms with Crippen LogP contribution in [0.4, 0.5) is 11.4 Å². The normalized spacial score (nSPS) is 19.2. The molecule has 2 aliphatic rings. The Morgan fingerprint density at radius 3 is 1.24 bits per heavy atom. The molecule has 8 N–H and O–H groups in total. The van der Waals surface area contributed by atoms with Crippen LogP contribution < -0.4 is 31.9 Å². The Hall–Kier alpha value is -4.74. The van der Waals surface area contributed by atoms with Crippen molar-refractivity contribution in [2.24, 2.45) is 10.8 Å². The Bertz CT molecular complexity index is 2020. The number of aliphatic hydroxyl groups excluding tert-OH is 2. The fraction of sp³-hybridized carbons (Fsp3) is 0.536. The van der Waals surface area contributed by atoms with Crippen LogP contribution in [-0.4, -0.2) is 70.5 Å². The lowest BCUT2D eigenvalue weighted by atomic mass is 9.82. The maximum atomic E-state index is 11.8. The highest BCUT2D eigenvalue weighted by Gasteiger charge is 2.35. The van der Waals surface area contributed by atoms with E-state index in [2.05, 4.69) is 138 Å². The van der Waals surface area contributed by atoms with Crippen molar-refractivity contribution in [2.75, 3.05) is 23.7 Å². The zero-order chi connectivity index (χ0) is 48.5. The van der Waals surface area contributed by atoms with Crippen molar-refractivity contribution in [3.05, 3.63) is 130 Å². The summed E-state index contributed by atoms with van der Waals surface area (Å²) in [5, 5.41) is 42.5. The molecule has 6 atom stereocenters. The van der Waals surface area contributed by atoms with Crippen LogP contribution in [0.1, 0.15) is 141 Å². The molecule has 0 saturated heterocycles. The molecule has 0 bridgehead atoms. The Balaban J connectivity index is 0.000000247. The topological polar surface area (TPSA) is 147 Å². The van der Waals surface area contributed by atoms with Crippen molar-refractivity contribution in [3.63, 3.8) is 0 Å². The van der Waals surface area contributed by atoms with Gasteiger partial charge in [-0.3, -0.25) is 9.59 Å². The number of hydrogen-bond donors (Lipinski definition) is 8. The number of fused-ring (bicyclic) bond motifs is 2. The van der Waals surface area contributed by atoms with Crippen LogP contribution in [-0.2, 0) is 35.3 Å². The van der Waals surface area contributed by atoms with E-state index < -0.39 is 12.2 Å². The number of carbonyl (C=O) groups is 2. The minimum atomic E-state index is -0.701. The van der Waals surface area contributed by atoms with Gasteiger partial charge in [-0.2, -0.15) is 0 Å². The van der Waals surface area contributed by atoms with Gasteiger partial charge in [0.05, 0.1) is 24.3 Å². The number of benzene rings is 4. The highest BCUT2D eigenvalue weighted by atomic mass is 16.3. The zero-order valence-corrected chi connectivity index (χ0v) is 42.1. The number of rotatable bonds is 16. The number of carbonyl (C=O) groups excluding carboxylic acids is 2. The van der Waals surface area contributed by atoms with Gasteiger partial charge in [0.2, 0.25) is 11.8 Å². The highest BCUT2D eigenvalue weighted by molar-refractivity contribution is 5.73. The van der Waals surface area contributed by atoms with Crippen molar-refractivity contribution in [3.8, 4) is 0 Å². The van der Waals surface area contributed by atoms with E-state index in [1.165, 1.54) is 36.1 Å². The van der Waals surface area contributed by atoms with E-state index in [1.54, 1.807) is 0 Å². The molecule has 2 amide bonds. The van der Waals surface area contributed by atoms with Crippen molar-refractivity contribution >= 4 is 23.2 Å². The number of aliphatic hydroxyl groups is 2. The average Bonchev–Trinajstić information content (AvgIpc) is 3.20. The molecule has 0 aromatic heterocycles. The molecule has 4 aromatic carbocycles. The monoisotopic (exact) mass is 903 g/mol. The second kappa shape index (κ2) is 22.4. The minimum Gasteiger partial charge on any atom is -0.390 e. The first-order valence-corrected chi connectivity index (χ1v) is 24.1. The number of anilines is 2. The summed E-state index contributed by atoms with van der Waals surface area (Å²) in [5.74, 6) is -0.259. The van der Waals surface area contributed by atoms with E-state index >= 15 is 0 Å². The van der Waals surface area contributed by atoms with Gasteiger partial charge in [0.15, 0.2) is 0 Å². The van der Waals surface area contributed by atoms with Gasteiger partial charge in [-0.05, 0) is 123 Å². The molecule has 0 spiro atoms. The molecule has 6 rings (SSSR count). The zero-order valence-electron chi connectivity index (χ0n) is 42.1. The first kappa shape index (κ1) is 52.2. The summed E-state index contributed by atoms with van der Waals surface area (Å²) in [7, 11) is 0. The van der Waals surface area contributed by atoms with Gasteiger partial charge in [0.1, 0.15) is 0 Å². The molecule has 66 heavy (non-hydrogen) atoms. The van der Waals surface area contributed by atoms with Gasteiger partial charge in [-0.15, -0.1) is 0 Å². The second-order valence-corrected chi connectivity index (χ2v) is 22.8. The summed E-state index contributed by atoms with van der Waals surface area (Å²) < 4.78 is 0. The molecule has 0 radical (unpaired) electrons. The lowest BCUT2D eigenvalue weighted by Crippen LogP contribution is -2.50. The van der Waals surface area contributed by atoms with Crippen molar-refractivity contribution < 1.29 is 19.8 Å². The Morgan fingerprint density at radius 2 is 0.924 bits per heavy atom. The third-order valence-electron chi connectivity index (χ3n) is 12.3. The summed E-state index contributed by atoms with van der Waals surface area (Å²) >= 11 is 0. The van der Waals surface area contributed by atoms with Gasteiger partial charge < -0.3 is 42.1 Å². The van der Waals surface area contributed by atoms with Gasteiger partial charge >= 0.3 is 0 Å². The predicted octanol–water partition coefficient (Wildman–Crippen LogP) is 9.22. The van der Waals surface area contributed by atoms with Crippen molar-refractivity contribution in [1.82, 2.24) is 21.3 Å². The number of amides is 2. The molecule has 360 valence electrons. The van der Waals surface area contributed by atoms with Crippen LogP contribution in [0, 0.1) is 10.8 Å². The lowest BCUT2D eigenvalue weighted by Gasteiger charge is -2.40. The summed E-state index contributed by atoms with van der Waals surface area (Å²) in [6.07, 6.45) is 3.63. The van der Waals surface area contributed by atoms with Gasteiger partial charge in [-0.1, -0.05) is 126 Å². The molecule has 2 aliphatic heterocycles. The van der Waals surface area contributed by atoms with E-state index in [4.69, 9.17) is 0 Å². The third-order valence-corrected chi connectivity index (χ3v) is 12.3. The molecule has 0 fully saturated rings. The van der Waals surface area contributed by atoms with Crippen LogP contribution in [0.5, 0.6) is 0 Å². The maximum Gasteiger partial charge on any atom is 0.217 e. The molecule has 2 heterocycles. The van der Waals surface area contributed by atoms with Gasteiger partial charge in [0.25, 0.3) is 0 Å². The average molecular weight is 903 g/mol. The van der Waals surface area contributed by atoms with Crippen LogP contribution in [0.15, 0.2) is 97.1 Å². The largest absolute Gasteiger partial charge is 0.390 e. The first-order valence-electron chi connectivity index (χ1n) is 24.1. The summed E-state index contributed by atoms with van der Waals surface area (Å²) in [6, 6.07) is 33.0. The van der Waals surface area contributed by atoms with E-state index in [-0.39, 0.29) is 57.9 Å². The highest BCUT2D eigenvalue weighted by Crippen LogP contribution is 2.40. The molecule has 0 unspecified atom stereocenters. The molecular formula is C56H82N6O4. The predicted molar refractivity (Wildman–Crippen MR) is 273 cm³/mol. The number of hydrogen-bond acceptors (Lipinski definition) is 8. The molecule has 0 saturated carbocycles. The molecule has 0 aliphatic carbocycles. The third kappa shape index (κ3) is 16.8. The van der Waals surface area contributed by atoms with Crippen LogP contribution in [0.3, 0.4) is 0 Å². The van der Waals surface area contributed by atoms with Crippen molar-refractivity contribution in [1.29, 1.82) is 0 Å². The minimum absolute atomic E-state index is 0.0533.